The van der Waals surface area contributed by atoms with Crippen LogP contribution in [-0.2, 0) is 14.6 Å². The molecule has 1 aromatic rings. The number of carboxylic acid groups (broad SMARTS) is 1. The Morgan fingerprint density at radius 3 is 2.18 bits per heavy atom. The lowest BCUT2D eigenvalue weighted by Crippen LogP contribution is -2.15. The third kappa shape index (κ3) is 3.19. The molecule has 0 aliphatic heterocycles. The maximum absolute atomic E-state index is 12.2. The van der Waals surface area contributed by atoms with E-state index in [9.17, 15) is 18.3 Å². The van der Waals surface area contributed by atoms with Crippen LogP contribution in [0.4, 0.5) is 0 Å². The summed E-state index contributed by atoms with van der Waals surface area (Å²) in [5.74, 6) is -0.860. The van der Waals surface area contributed by atoms with Crippen LogP contribution in [0.5, 0.6) is 0 Å². The van der Waals surface area contributed by atoms with Gasteiger partial charge in [-0.3, -0.25) is 4.79 Å². The first-order chi connectivity index (χ1) is 10.5. The number of carboxylic acids is 1. The van der Waals surface area contributed by atoms with Crippen LogP contribution in [-0.4, -0.2) is 24.7 Å². The summed E-state index contributed by atoms with van der Waals surface area (Å²) in [6, 6.07) is 6.52. The molecule has 0 unspecified atom stereocenters. The van der Waals surface area contributed by atoms with Crippen molar-refractivity contribution < 1.29 is 18.3 Å². The Balaban J connectivity index is 1.78. The zero-order chi connectivity index (χ0) is 15.7. The molecule has 1 aromatic carbocycles. The molecule has 0 saturated heterocycles. The Labute approximate surface area is 131 Å². The van der Waals surface area contributed by atoms with Crippen molar-refractivity contribution in [3.05, 3.63) is 29.8 Å². The second-order valence-corrected chi connectivity index (χ2v) is 8.82. The molecule has 2 saturated carbocycles. The zero-order valence-electron chi connectivity index (χ0n) is 12.6. The summed E-state index contributed by atoms with van der Waals surface area (Å²) < 4.78 is 24.3. The molecule has 2 fully saturated rings. The first kappa shape index (κ1) is 15.5. The largest absolute Gasteiger partial charge is 0.481 e. The molecule has 22 heavy (non-hydrogen) atoms. The number of hydrogen-bond donors (Lipinski definition) is 1. The monoisotopic (exact) mass is 322 g/mol. The van der Waals surface area contributed by atoms with Gasteiger partial charge in [-0.25, -0.2) is 8.42 Å². The lowest BCUT2D eigenvalue weighted by Gasteiger charge is -2.17. The highest BCUT2D eigenvalue weighted by Crippen LogP contribution is 2.36. The van der Waals surface area contributed by atoms with E-state index in [0.29, 0.717) is 22.8 Å². The molecule has 0 aromatic heterocycles. The molecule has 0 radical (unpaired) electrons. The van der Waals surface area contributed by atoms with Crippen molar-refractivity contribution in [2.45, 2.75) is 61.0 Å². The lowest BCUT2D eigenvalue weighted by molar-refractivity contribution is -0.139. The average molecular weight is 322 g/mol. The molecule has 0 bridgehead atoms. The highest BCUT2D eigenvalue weighted by atomic mass is 32.2. The van der Waals surface area contributed by atoms with E-state index in [1.54, 1.807) is 24.3 Å². The van der Waals surface area contributed by atoms with Gasteiger partial charge in [-0.15, -0.1) is 0 Å². The SMILES string of the molecule is O=C(O)[C@@H](CC1CCCC1)c1ccc(S(=O)(=O)C2CC2)cc1. The van der Waals surface area contributed by atoms with Gasteiger partial charge in [0.25, 0.3) is 0 Å². The van der Waals surface area contributed by atoms with Gasteiger partial charge in [-0.2, -0.15) is 0 Å². The molecule has 2 aliphatic rings. The number of carbonyl (C=O) groups is 1. The predicted octanol–water partition coefficient (Wildman–Crippen LogP) is 3.37. The Kier molecular flexibility index (Phi) is 4.26. The van der Waals surface area contributed by atoms with E-state index in [2.05, 4.69) is 0 Å². The van der Waals surface area contributed by atoms with Crippen molar-refractivity contribution >= 4 is 15.8 Å². The van der Waals surface area contributed by atoms with E-state index in [-0.39, 0.29) is 5.25 Å². The third-order valence-electron chi connectivity index (χ3n) is 4.92. The van der Waals surface area contributed by atoms with E-state index < -0.39 is 21.7 Å². The molecule has 2 aliphatic carbocycles. The first-order valence-electron chi connectivity index (χ1n) is 8.05. The molecule has 120 valence electrons. The van der Waals surface area contributed by atoms with E-state index in [1.165, 1.54) is 12.8 Å². The summed E-state index contributed by atoms with van der Waals surface area (Å²) in [7, 11) is -3.20. The summed E-state index contributed by atoms with van der Waals surface area (Å²) in [6.45, 7) is 0. The van der Waals surface area contributed by atoms with Crippen LogP contribution in [0.15, 0.2) is 29.2 Å². The molecule has 0 heterocycles. The number of hydrogen-bond acceptors (Lipinski definition) is 3. The fourth-order valence-electron chi connectivity index (χ4n) is 3.42. The van der Waals surface area contributed by atoms with Crippen molar-refractivity contribution in [1.29, 1.82) is 0 Å². The van der Waals surface area contributed by atoms with Crippen molar-refractivity contribution in [3.63, 3.8) is 0 Å². The normalized spacial score (nSPS) is 20.9. The quantitative estimate of drug-likeness (QED) is 0.871. The molecule has 5 heteroatoms. The Hall–Kier alpha value is -1.36. The fourth-order valence-corrected chi connectivity index (χ4v) is 5.08. The highest BCUT2D eigenvalue weighted by Gasteiger charge is 2.37. The maximum Gasteiger partial charge on any atom is 0.310 e. The van der Waals surface area contributed by atoms with E-state index >= 15 is 0 Å². The van der Waals surface area contributed by atoms with Gasteiger partial charge >= 0.3 is 5.97 Å². The topological polar surface area (TPSA) is 71.4 Å². The van der Waals surface area contributed by atoms with Gasteiger partial charge in [-0.05, 0) is 42.9 Å². The van der Waals surface area contributed by atoms with E-state index in [1.807, 2.05) is 0 Å². The van der Waals surface area contributed by atoms with Gasteiger partial charge in [0.2, 0.25) is 0 Å². The van der Waals surface area contributed by atoms with Gasteiger partial charge in [0.05, 0.1) is 16.1 Å². The Morgan fingerprint density at radius 2 is 1.68 bits per heavy atom. The van der Waals surface area contributed by atoms with Crippen molar-refractivity contribution in [3.8, 4) is 0 Å². The van der Waals surface area contributed by atoms with E-state index in [0.717, 1.165) is 25.7 Å². The Bertz CT molecular complexity index is 638. The van der Waals surface area contributed by atoms with Gasteiger partial charge < -0.3 is 5.11 Å². The second-order valence-electron chi connectivity index (χ2n) is 6.59. The average Bonchev–Trinajstić information content (AvgIpc) is 3.24. The van der Waals surface area contributed by atoms with E-state index in [4.69, 9.17) is 0 Å². The zero-order valence-corrected chi connectivity index (χ0v) is 13.4. The van der Waals surface area contributed by atoms with Gasteiger partial charge in [0.1, 0.15) is 0 Å². The highest BCUT2D eigenvalue weighted by molar-refractivity contribution is 7.92. The lowest BCUT2D eigenvalue weighted by atomic mass is 9.88. The number of sulfone groups is 1. The minimum atomic E-state index is -3.20. The summed E-state index contributed by atoms with van der Waals surface area (Å²) in [6.07, 6.45) is 6.73. The standard InChI is InChI=1S/C17H22O4S/c18-17(19)16(11-12-3-1-2-4-12)13-5-7-14(8-6-13)22(20,21)15-9-10-15/h5-8,12,15-16H,1-4,9-11H2,(H,18,19)/t16-/m0/s1. The molecule has 0 amide bonds. The van der Waals surface area contributed by atoms with Gasteiger partial charge in [-0.1, -0.05) is 37.8 Å². The maximum atomic E-state index is 12.2. The van der Waals surface area contributed by atoms with Crippen molar-refractivity contribution in [2.75, 3.05) is 0 Å². The van der Waals surface area contributed by atoms with Crippen LogP contribution in [0.2, 0.25) is 0 Å². The van der Waals surface area contributed by atoms with Crippen LogP contribution in [0.3, 0.4) is 0 Å². The van der Waals surface area contributed by atoms with Crippen LogP contribution < -0.4 is 0 Å². The van der Waals surface area contributed by atoms with Crippen molar-refractivity contribution in [2.24, 2.45) is 5.92 Å². The van der Waals surface area contributed by atoms with Crippen molar-refractivity contribution in [1.82, 2.24) is 0 Å². The van der Waals surface area contributed by atoms with Crippen LogP contribution >= 0.6 is 0 Å². The molecular formula is C17H22O4S. The summed E-state index contributed by atoms with van der Waals surface area (Å²) in [5, 5.41) is 9.27. The second kappa shape index (κ2) is 6.03. The molecule has 0 spiro atoms. The molecule has 1 N–H and O–H groups in total. The third-order valence-corrected chi connectivity index (χ3v) is 7.19. The van der Waals surface area contributed by atoms with Crippen LogP contribution in [0.1, 0.15) is 56.4 Å². The molecular weight excluding hydrogens is 300 g/mol. The molecule has 1 atom stereocenters. The summed E-state index contributed by atoms with van der Waals surface area (Å²) >= 11 is 0. The first-order valence-corrected chi connectivity index (χ1v) is 9.60. The minimum Gasteiger partial charge on any atom is -0.481 e. The fraction of sp³-hybridized carbons (Fsp3) is 0.588. The van der Waals surface area contributed by atoms with Gasteiger partial charge in [0.15, 0.2) is 9.84 Å². The van der Waals surface area contributed by atoms with Crippen LogP contribution in [0, 0.1) is 5.92 Å². The summed E-state index contributed by atoms with van der Waals surface area (Å²) in [5.41, 5.74) is 0.717. The molecule has 4 nitrogen and oxygen atoms in total. The summed E-state index contributed by atoms with van der Waals surface area (Å²) in [4.78, 5) is 11.9. The molecule has 3 rings (SSSR count). The number of aliphatic carboxylic acids is 1. The van der Waals surface area contributed by atoms with Gasteiger partial charge in [0, 0.05) is 0 Å². The predicted molar refractivity (Wildman–Crippen MR) is 83.6 cm³/mol. The Morgan fingerprint density at radius 1 is 1.09 bits per heavy atom. The number of rotatable bonds is 6. The van der Waals surface area contributed by atoms with Crippen LogP contribution in [0.25, 0.3) is 0 Å². The smallest absolute Gasteiger partial charge is 0.310 e. The number of benzene rings is 1. The minimum absolute atomic E-state index is 0.230.